The zero-order chi connectivity index (χ0) is 17.1. The van der Waals surface area contributed by atoms with Crippen molar-refractivity contribution in [1.29, 1.82) is 0 Å². The Morgan fingerprint density at radius 1 is 1.05 bits per heavy atom. The summed E-state index contributed by atoms with van der Waals surface area (Å²) < 4.78 is 11.1. The average Bonchev–Trinajstić information content (AvgIpc) is 2.42. The summed E-state index contributed by atoms with van der Waals surface area (Å²) in [5.74, 6) is 0.938. The Kier molecular flexibility index (Phi) is 11.5. The van der Waals surface area contributed by atoms with E-state index in [1.54, 1.807) is 0 Å². The fourth-order valence-electron chi connectivity index (χ4n) is 2.25. The van der Waals surface area contributed by atoms with Crippen LogP contribution >= 0.6 is 0 Å². The molecule has 5 heteroatoms. The van der Waals surface area contributed by atoms with E-state index in [9.17, 15) is 4.79 Å². The summed E-state index contributed by atoms with van der Waals surface area (Å²) in [5, 5.41) is 0. The van der Waals surface area contributed by atoms with Gasteiger partial charge in [-0.25, -0.2) is 0 Å². The van der Waals surface area contributed by atoms with Crippen LogP contribution in [0.1, 0.15) is 54.4 Å². The Hall–Kier alpha value is -0.650. The topological polar surface area (TPSA) is 64.8 Å². The second-order valence-corrected chi connectivity index (χ2v) is 6.54. The molecule has 1 atom stereocenters. The van der Waals surface area contributed by atoms with Gasteiger partial charge in [0.15, 0.2) is 6.29 Å². The lowest BCUT2D eigenvalue weighted by Gasteiger charge is -2.30. The lowest BCUT2D eigenvalue weighted by Crippen LogP contribution is -2.48. The molecule has 5 nitrogen and oxygen atoms in total. The maximum absolute atomic E-state index is 12.6. The van der Waals surface area contributed by atoms with Crippen molar-refractivity contribution < 1.29 is 14.3 Å². The molecule has 0 aliphatic heterocycles. The van der Waals surface area contributed by atoms with Gasteiger partial charge in [0, 0.05) is 19.8 Å². The number of rotatable bonds is 12. The minimum atomic E-state index is -0.448. The molecule has 0 saturated heterocycles. The lowest BCUT2D eigenvalue weighted by atomic mass is 10.0. The molecule has 0 aromatic carbocycles. The molecule has 22 heavy (non-hydrogen) atoms. The van der Waals surface area contributed by atoms with Gasteiger partial charge in [-0.3, -0.25) is 4.79 Å². The van der Waals surface area contributed by atoms with Crippen LogP contribution in [0.4, 0.5) is 0 Å². The van der Waals surface area contributed by atoms with Crippen molar-refractivity contribution in [2.45, 2.75) is 66.7 Å². The maximum Gasteiger partial charge on any atom is 0.239 e. The summed E-state index contributed by atoms with van der Waals surface area (Å²) in [6, 6.07) is -0.448. The predicted octanol–water partition coefficient (Wildman–Crippen LogP) is 2.63. The molecule has 0 fully saturated rings. The van der Waals surface area contributed by atoms with E-state index in [0.29, 0.717) is 44.6 Å². The van der Waals surface area contributed by atoms with Crippen LogP contribution in [0.2, 0.25) is 0 Å². The van der Waals surface area contributed by atoms with E-state index >= 15 is 0 Å². The summed E-state index contributed by atoms with van der Waals surface area (Å²) in [5.41, 5.74) is 6.08. The van der Waals surface area contributed by atoms with Crippen molar-refractivity contribution in [3.05, 3.63) is 0 Å². The van der Waals surface area contributed by atoms with Gasteiger partial charge in [0.25, 0.3) is 0 Å². The van der Waals surface area contributed by atoms with Crippen LogP contribution in [-0.2, 0) is 14.3 Å². The van der Waals surface area contributed by atoms with Crippen LogP contribution in [0.15, 0.2) is 0 Å². The molecule has 0 aliphatic rings. The van der Waals surface area contributed by atoms with Crippen LogP contribution in [0.25, 0.3) is 0 Å². The first kappa shape index (κ1) is 21.4. The van der Waals surface area contributed by atoms with Gasteiger partial charge in [-0.2, -0.15) is 0 Å². The number of nitrogens with zero attached hydrogens (tertiary/aromatic N) is 1. The lowest BCUT2D eigenvalue weighted by molar-refractivity contribution is -0.160. The molecular weight excluding hydrogens is 280 g/mol. The molecular formula is C17H36N2O3. The van der Waals surface area contributed by atoms with E-state index in [2.05, 4.69) is 27.7 Å². The molecule has 0 unspecified atom stereocenters. The minimum Gasteiger partial charge on any atom is -0.351 e. The number of hydrogen-bond donors (Lipinski definition) is 1. The van der Waals surface area contributed by atoms with E-state index in [4.69, 9.17) is 15.2 Å². The highest BCUT2D eigenvalue weighted by atomic mass is 16.7. The largest absolute Gasteiger partial charge is 0.351 e. The van der Waals surface area contributed by atoms with Gasteiger partial charge in [0.05, 0.1) is 12.6 Å². The van der Waals surface area contributed by atoms with Gasteiger partial charge in [-0.05, 0) is 38.5 Å². The first-order valence-electron chi connectivity index (χ1n) is 8.59. The van der Waals surface area contributed by atoms with E-state index in [-0.39, 0.29) is 12.2 Å². The first-order valence-corrected chi connectivity index (χ1v) is 8.59. The zero-order valence-corrected chi connectivity index (χ0v) is 15.3. The van der Waals surface area contributed by atoms with Gasteiger partial charge in [0.2, 0.25) is 5.91 Å². The molecule has 0 radical (unpaired) electrons. The van der Waals surface area contributed by atoms with E-state index in [1.165, 1.54) is 0 Å². The number of ether oxygens (including phenoxy) is 2. The highest BCUT2D eigenvalue weighted by Gasteiger charge is 2.25. The normalized spacial score (nSPS) is 13.2. The Bertz CT molecular complexity index is 290. The molecule has 0 saturated carbocycles. The molecule has 0 aromatic rings. The van der Waals surface area contributed by atoms with Gasteiger partial charge in [0.1, 0.15) is 0 Å². The van der Waals surface area contributed by atoms with Crippen LogP contribution in [0.3, 0.4) is 0 Å². The number of hydrogen-bond acceptors (Lipinski definition) is 4. The van der Waals surface area contributed by atoms with Crippen molar-refractivity contribution in [1.82, 2.24) is 4.90 Å². The number of amides is 1. The number of carbonyl (C=O) groups excluding carboxylic acids is 1. The molecule has 0 bridgehead atoms. The van der Waals surface area contributed by atoms with Crippen LogP contribution in [0.5, 0.6) is 0 Å². The summed E-state index contributed by atoms with van der Waals surface area (Å²) in [6.45, 7) is 14.6. The van der Waals surface area contributed by atoms with Gasteiger partial charge in [-0.15, -0.1) is 0 Å². The molecule has 2 N–H and O–H groups in total. The Labute approximate surface area is 136 Å². The monoisotopic (exact) mass is 316 g/mol. The summed E-state index contributed by atoms with van der Waals surface area (Å²) >= 11 is 0. The average molecular weight is 316 g/mol. The smallest absolute Gasteiger partial charge is 0.239 e. The molecule has 0 heterocycles. The third-order valence-electron chi connectivity index (χ3n) is 3.41. The van der Waals surface area contributed by atoms with Crippen molar-refractivity contribution >= 4 is 5.91 Å². The quantitative estimate of drug-likeness (QED) is 0.562. The van der Waals surface area contributed by atoms with E-state index in [1.807, 2.05) is 18.7 Å². The number of nitrogens with two attached hydrogens (primary N) is 1. The van der Waals surface area contributed by atoms with Crippen molar-refractivity contribution in [2.24, 2.45) is 17.6 Å². The Morgan fingerprint density at radius 2 is 1.59 bits per heavy atom. The highest BCUT2D eigenvalue weighted by Crippen LogP contribution is 2.10. The standard InChI is InChI=1S/C17H36N2O3/c1-7-21-16(22-8-2)12-19(10-9-13(3)4)17(20)15(18)11-14(5)6/h13-16H,7-12,18H2,1-6H3/t15-/m0/s1. The zero-order valence-electron chi connectivity index (χ0n) is 15.3. The van der Waals surface area contributed by atoms with Crippen molar-refractivity contribution in [3.8, 4) is 0 Å². The second kappa shape index (κ2) is 11.9. The molecule has 0 rings (SSSR count). The molecule has 1 amide bonds. The van der Waals surface area contributed by atoms with Crippen molar-refractivity contribution in [2.75, 3.05) is 26.3 Å². The predicted molar refractivity (Wildman–Crippen MR) is 90.5 cm³/mol. The van der Waals surface area contributed by atoms with E-state index in [0.717, 1.165) is 6.42 Å². The molecule has 0 aromatic heterocycles. The fourth-order valence-corrected chi connectivity index (χ4v) is 2.25. The maximum atomic E-state index is 12.6. The molecule has 0 spiro atoms. The van der Waals surface area contributed by atoms with Gasteiger partial charge < -0.3 is 20.1 Å². The highest BCUT2D eigenvalue weighted by molar-refractivity contribution is 5.81. The third-order valence-corrected chi connectivity index (χ3v) is 3.41. The first-order chi connectivity index (χ1) is 10.3. The fraction of sp³-hybridized carbons (Fsp3) is 0.941. The Morgan fingerprint density at radius 3 is 2.00 bits per heavy atom. The van der Waals surface area contributed by atoms with Crippen LogP contribution in [0, 0.1) is 11.8 Å². The SMILES string of the molecule is CCOC(CN(CCC(C)C)C(=O)[C@@H](N)CC(C)C)OCC. The number of carbonyl (C=O) groups is 1. The van der Waals surface area contributed by atoms with Crippen molar-refractivity contribution in [3.63, 3.8) is 0 Å². The summed E-state index contributed by atoms with van der Waals surface area (Å²) in [7, 11) is 0. The van der Waals surface area contributed by atoms with Crippen LogP contribution < -0.4 is 5.73 Å². The minimum absolute atomic E-state index is 0.00115. The van der Waals surface area contributed by atoms with Gasteiger partial charge in [-0.1, -0.05) is 27.7 Å². The van der Waals surface area contributed by atoms with Crippen LogP contribution in [-0.4, -0.2) is 49.4 Å². The molecule has 0 aliphatic carbocycles. The Balaban J connectivity index is 4.80. The third kappa shape index (κ3) is 9.38. The summed E-state index contributed by atoms with van der Waals surface area (Å²) in [6.07, 6.45) is 1.27. The molecule has 132 valence electrons. The van der Waals surface area contributed by atoms with E-state index < -0.39 is 6.04 Å². The summed E-state index contributed by atoms with van der Waals surface area (Å²) in [4.78, 5) is 14.4. The van der Waals surface area contributed by atoms with Gasteiger partial charge >= 0.3 is 0 Å². The second-order valence-electron chi connectivity index (χ2n) is 6.54.